The van der Waals surface area contributed by atoms with Crippen LogP contribution in [0.3, 0.4) is 0 Å². The fourth-order valence-electron chi connectivity index (χ4n) is 4.61. The van der Waals surface area contributed by atoms with Gasteiger partial charge in [-0.3, -0.25) is 9.78 Å². The number of nitrogens with one attached hydrogen (secondary N) is 1. The Bertz CT molecular complexity index is 965. The molecule has 2 aromatic heterocycles. The van der Waals surface area contributed by atoms with E-state index in [1.807, 2.05) is 18.2 Å². The van der Waals surface area contributed by atoms with Crippen molar-refractivity contribution in [1.29, 1.82) is 0 Å². The number of carbonyl (C=O) groups excluding carboxylic acids is 1. The van der Waals surface area contributed by atoms with Crippen molar-refractivity contribution in [3.05, 3.63) is 40.1 Å². The number of hydrogen-bond acceptors (Lipinski definition) is 6. The number of rotatable bonds is 7. The molecule has 0 saturated carbocycles. The lowest BCUT2D eigenvalue weighted by molar-refractivity contribution is -0.122. The number of nitrogens with zero attached hydrogens (tertiary/aromatic N) is 3. The minimum absolute atomic E-state index is 0.0536. The standard InChI is InChI=1S/C25H32Cl2N4O2/c1-31-9-3-2-4-18(16-31)23(32)13-19-12-20(22(27)15-28-19)25-21(26)5-6-24(30-25)29-14-17-7-10-33-11-8-17/h5-6,12,15,17-18H,2-4,7-11,13-14,16H2,1H3,(H,29,30). The Morgan fingerprint density at radius 3 is 2.82 bits per heavy atom. The first kappa shape index (κ1) is 24.4. The lowest BCUT2D eigenvalue weighted by atomic mass is 9.94. The van der Waals surface area contributed by atoms with Gasteiger partial charge >= 0.3 is 0 Å². The number of carbonyl (C=O) groups is 1. The van der Waals surface area contributed by atoms with Crippen LogP contribution in [0.25, 0.3) is 11.3 Å². The summed E-state index contributed by atoms with van der Waals surface area (Å²) in [6.07, 6.45) is 7.17. The van der Waals surface area contributed by atoms with Crippen molar-refractivity contribution >= 4 is 34.8 Å². The molecule has 4 heterocycles. The van der Waals surface area contributed by atoms with Crippen LogP contribution in [-0.4, -0.2) is 60.5 Å². The van der Waals surface area contributed by atoms with Crippen LogP contribution in [0.1, 0.15) is 37.8 Å². The Morgan fingerprint density at radius 2 is 2.00 bits per heavy atom. The van der Waals surface area contributed by atoms with E-state index in [2.05, 4.69) is 22.2 Å². The van der Waals surface area contributed by atoms with Crippen LogP contribution in [0.2, 0.25) is 10.0 Å². The molecule has 0 aromatic carbocycles. The summed E-state index contributed by atoms with van der Waals surface area (Å²) in [5, 5.41) is 4.41. The average Bonchev–Trinajstić information content (AvgIpc) is 3.05. The number of halogens is 2. The van der Waals surface area contributed by atoms with E-state index < -0.39 is 0 Å². The monoisotopic (exact) mass is 490 g/mol. The molecule has 8 heteroatoms. The molecule has 0 bridgehead atoms. The van der Waals surface area contributed by atoms with Crippen molar-refractivity contribution in [3.63, 3.8) is 0 Å². The van der Waals surface area contributed by atoms with Gasteiger partial charge in [-0.15, -0.1) is 0 Å². The smallest absolute Gasteiger partial charge is 0.143 e. The molecule has 2 aliphatic heterocycles. The third kappa shape index (κ3) is 6.66. The van der Waals surface area contributed by atoms with Crippen molar-refractivity contribution < 1.29 is 9.53 Å². The minimum Gasteiger partial charge on any atom is -0.381 e. The SMILES string of the molecule is CN1CCCCC(C(=O)Cc2cc(-c3nc(NCC4CCOCC4)ccc3Cl)c(Cl)cn2)C1. The predicted octanol–water partition coefficient (Wildman–Crippen LogP) is 5.13. The highest BCUT2D eigenvalue weighted by Gasteiger charge is 2.23. The summed E-state index contributed by atoms with van der Waals surface area (Å²) in [7, 11) is 2.08. The van der Waals surface area contributed by atoms with Crippen LogP contribution in [0.15, 0.2) is 24.4 Å². The van der Waals surface area contributed by atoms with Crippen molar-refractivity contribution in [2.24, 2.45) is 11.8 Å². The van der Waals surface area contributed by atoms with Gasteiger partial charge in [0.1, 0.15) is 11.6 Å². The molecular weight excluding hydrogens is 459 g/mol. The van der Waals surface area contributed by atoms with Gasteiger partial charge in [-0.2, -0.15) is 0 Å². The molecule has 2 saturated heterocycles. The van der Waals surface area contributed by atoms with Gasteiger partial charge in [0, 0.05) is 56.1 Å². The third-order valence-electron chi connectivity index (χ3n) is 6.61. The quantitative estimate of drug-likeness (QED) is 0.579. The first-order chi connectivity index (χ1) is 16.0. The van der Waals surface area contributed by atoms with Crippen LogP contribution in [0.5, 0.6) is 0 Å². The molecule has 0 spiro atoms. The van der Waals surface area contributed by atoms with Crippen molar-refractivity contribution in [3.8, 4) is 11.3 Å². The van der Waals surface area contributed by atoms with Crippen LogP contribution in [0, 0.1) is 11.8 Å². The van der Waals surface area contributed by atoms with Gasteiger partial charge in [0.25, 0.3) is 0 Å². The molecule has 4 rings (SSSR count). The highest BCUT2D eigenvalue weighted by Crippen LogP contribution is 2.33. The van der Waals surface area contributed by atoms with Crippen LogP contribution >= 0.6 is 23.2 Å². The molecule has 1 unspecified atom stereocenters. The summed E-state index contributed by atoms with van der Waals surface area (Å²) in [5.41, 5.74) is 2.00. The molecule has 0 radical (unpaired) electrons. The lowest BCUT2D eigenvalue weighted by Gasteiger charge is -2.22. The molecular formula is C25H32Cl2N4O2. The molecule has 178 valence electrons. The first-order valence-corrected chi connectivity index (χ1v) is 12.6. The lowest BCUT2D eigenvalue weighted by Crippen LogP contribution is -2.29. The number of aromatic nitrogens is 2. The van der Waals surface area contributed by atoms with Crippen molar-refractivity contribution in [1.82, 2.24) is 14.9 Å². The number of hydrogen-bond donors (Lipinski definition) is 1. The number of anilines is 1. The maximum absolute atomic E-state index is 13.0. The molecule has 2 aliphatic rings. The molecule has 1 N–H and O–H groups in total. The summed E-state index contributed by atoms with van der Waals surface area (Å²) in [4.78, 5) is 24.4. The van der Waals surface area contributed by atoms with Crippen molar-refractivity contribution in [2.45, 2.75) is 38.5 Å². The van der Waals surface area contributed by atoms with E-state index in [9.17, 15) is 4.79 Å². The Kier molecular flexibility index (Phi) is 8.58. The highest BCUT2D eigenvalue weighted by molar-refractivity contribution is 6.36. The van der Waals surface area contributed by atoms with Crippen LogP contribution < -0.4 is 5.32 Å². The Balaban J connectivity index is 1.49. The molecule has 6 nitrogen and oxygen atoms in total. The molecule has 0 aliphatic carbocycles. The van der Waals surface area contributed by atoms with Crippen molar-refractivity contribution in [2.75, 3.05) is 45.2 Å². The zero-order chi connectivity index (χ0) is 23.2. The number of pyridine rings is 2. The van der Waals surface area contributed by atoms with Gasteiger partial charge in [0.15, 0.2) is 0 Å². The van der Waals surface area contributed by atoms with E-state index in [0.29, 0.717) is 39.3 Å². The molecule has 1 atom stereocenters. The molecule has 0 amide bonds. The maximum atomic E-state index is 13.0. The molecule has 2 aromatic rings. The average molecular weight is 491 g/mol. The second-order valence-electron chi connectivity index (χ2n) is 9.22. The van der Waals surface area contributed by atoms with E-state index >= 15 is 0 Å². The Labute approximate surface area is 206 Å². The van der Waals surface area contributed by atoms with E-state index in [4.69, 9.17) is 32.9 Å². The minimum atomic E-state index is 0.0536. The highest BCUT2D eigenvalue weighted by atomic mass is 35.5. The van der Waals surface area contributed by atoms with Gasteiger partial charge < -0.3 is 15.0 Å². The van der Waals surface area contributed by atoms with Gasteiger partial charge in [-0.25, -0.2) is 4.98 Å². The largest absolute Gasteiger partial charge is 0.381 e. The normalized spacial score (nSPS) is 20.4. The number of ether oxygens (including phenoxy) is 1. The number of ketones is 1. The topological polar surface area (TPSA) is 67.4 Å². The predicted molar refractivity (Wildman–Crippen MR) is 133 cm³/mol. The van der Waals surface area contributed by atoms with Gasteiger partial charge in [0.05, 0.1) is 15.7 Å². The molecule has 2 fully saturated rings. The number of Topliss-reactive ketones (excluding diaryl/α,β-unsaturated/α-hetero) is 1. The number of likely N-dealkylation sites (tertiary alicyclic amines) is 1. The van der Waals surface area contributed by atoms with Gasteiger partial charge in [-0.05, 0) is 63.4 Å². The summed E-state index contributed by atoms with van der Waals surface area (Å²) < 4.78 is 5.44. The first-order valence-electron chi connectivity index (χ1n) is 11.8. The summed E-state index contributed by atoms with van der Waals surface area (Å²) in [5.74, 6) is 1.62. The Hall–Kier alpha value is -1.73. The maximum Gasteiger partial charge on any atom is 0.143 e. The Morgan fingerprint density at radius 1 is 1.18 bits per heavy atom. The summed E-state index contributed by atoms with van der Waals surface area (Å²) >= 11 is 13.0. The fraction of sp³-hybridized carbons (Fsp3) is 0.560. The van der Waals surface area contributed by atoms with Crippen LogP contribution in [-0.2, 0) is 16.0 Å². The van der Waals surface area contributed by atoms with Gasteiger partial charge in [-0.1, -0.05) is 29.6 Å². The fourth-order valence-corrected chi connectivity index (χ4v) is 5.01. The summed E-state index contributed by atoms with van der Waals surface area (Å²) in [6, 6.07) is 5.57. The zero-order valence-electron chi connectivity index (χ0n) is 19.2. The van der Waals surface area contributed by atoms with Gasteiger partial charge in [0.2, 0.25) is 0 Å². The van der Waals surface area contributed by atoms with E-state index in [1.165, 1.54) is 0 Å². The summed E-state index contributed by atoms with van der Waals surface area (Å²) in [6.45, 7) is 4.34. The van der Waals surface area contributed by atoms with E-state index in [-0.39, 0.29) is 11.7 Å². The zero-order valence-corrected chi connectivity index (χ0v) is 20.7. The second-order valence-corrected chi connectivity index (χ2v) is 10.0. The van der Waals surface area contributed by atoms with Crippen LogP contribution in [0.4, 0.5) is 5.82 Å². The second kappa shape index (κ2) is 11.6. The molecule has 33 heavy (non-hydrogen) atoms. The third-order valence-corrected chi connectivity index (χ3v) is 7.22. The van der Waals surface area contributed by atoms with E-state index in [1.54, 1.807) is 6.20 Å². The van der Waals surface area contributed by atoms with E-state index in [0.717, 1.165) is 70.8 Å².